The number of nitrogens with two attached hydrogens (primary N) is 1. The molecule has 0 aromatic carbocycles. The number of amides is 1. The Balaban J connectivity index is 1.83. The molecule has 1 aliphatic rings. The Bertz CT molecular complexity index is 406. The van der Waals surface area contributed by atoms with E-state index in [1.807, 2.05) is 0 Å². The lowest BCUT2D eigenvalue weighted by molar-refractivity contribution is -0.126. The van der Waals surface area contributed by atoms with E-state index in [1.165, 1.54) is 4.88 Å². The quantitative estimate of drug-likeness (QED) is 0.891. The van der Waals surface area contributed by atoms with E-state index in [0.29, 0.717) is 12.6 Å². The summed E-state index contributed by atoms with van der Waals surface area (Å²) in [7, 11) is 0. The summed E-state index contributed by atoms with van der Waals surface area (Å²) in [6.07, 6.45) is 3.83. The summed E-state index contributed by atoms with van der Waals surface area (Å²) in [5.74, 6) is 0.371. The number of nitrogens with one attached hydrogen (secondary N) is 1. The maximum Gasteiger partial charge on any atom is 0.223 e. The molecule has 1 aromatic rings. The molecule has 1 amide bonds. The zero-order chi connectivity index (χ0) is 13.9. The van der Waals surface area contributed by atoms with Crippen molar-refractivity contribution in [3.63, 3.8) is 0 Å². The van der Waals surface area contributed by atoms with Gasteiger partial charge in [0.15, 0.2) is 0 Å². The number of rotatable bonds is 4. The Kier molecular flexibility index (Phi) is 4.63. The van der Waals surface area contributed by atoms with Gasteiger partial charge < -0.3 is 11.1 Å². The predicted octanol–water partition coefficient (Wildman–Crippen LogP) is 2.66. The maximum atomic E-state index is 12.2. The summed E-state index contributed by atoms with van der Waals surface area (Å²) in [6.45, 7) is 5.06. The van der Waals surface area contributed by atoms with Gasteiger partial charge in [0.2, 0.25) is 5.91 Å². The van der Waals surface area contributed by atoms with Gasteiger partial charge in [-0.15, -0.1) is 11.3 Å². The molecule has 0 aliphatic heterocycles. The number of thiophene rings is 1. The van der Waals surface area contributed by atoms with Crippen LogP contribution in [0.3, 0.4) is 0 Å². The van der Waals surface area contributed by atoms with Gasteiger partial charge >= 0.3 is 0 Å². The third-order valence-corrected chi connectivity index (χ3v) is 5.27. The van der Waals surface area contributed by atoms with E-state index in [9.17, 15) is 4.79 Å². The van der Waals surface area contributed by atoms with Crippen molar-refractivity contribution in [1.29, 1.82) is 0 Å². The van der Waals surface area contributed by atoms with Gasteiger partial charge in [0.1, 0.15) is 0 Å². The van der Waals surface area contributed by atoms with Crippen LogP contribution in [0, 0.1) is 5.92 Å². The Labute approximate surface area is 119 Å². The van der Waals surface area contributed by atoms with Gasteiger partial charge in [-0.05, 0) is 37.1 Å². The molecular formula is C15H24N2OS. The molecule has 0 unspecified atom stereocenters. The second kappa shape index (κ2) is 6.06. The van der Waals surface area contributed by atoms with E-state index >= 15 is 0 Å². The second-order valence-electron chi connectivity index (χ2n) is 6.19. The van der Waals surface area contributed by atoms with Gasteiger partial charge in [-0.25, -0.2) is 0 Å². The molecule has 3 nitrogen and oxygen atoms in total. The van der Waals surface area contributed by atoms with Gasteiger partial charge in [0, 0.05) is 28.8 Å². The van der Waals surface area contributed by atoms with Crippen molar-refractivity contribution < 1.29 is 4.79 Å². The van der Waals surface area contributed by atoms with E-state index in [1.54, 1.807) is 11.3 Å². The third kappa shape index (κ3) is 3.80. The molecule has 106 valence electrons. The Morgan fingerprint density at radius 2 is 2.11 bits per heavy atom. The first-order valence-electron chi connectivity index (χ1n) is 7.06. The SMILES string of the molecule is CC(C)(CNC(=O)C1CCC(N)CC1)c1cccs1. The molecule has 1 aliphatic carbocycles. The monoisotopic (exact) mass is 280 g/mol. The van der Waals surface area contributed by atoms with E-state index in [4.69, 9.17) is 5.73 Å². The van der Waals surface area contributed by atoms with Gasteiger partial charge in [0.25, 0.3) is 0 Å². The molecule has 1 aromatic heterocycles. The first kappa shape index (κ1) is 14.5. The largest absolute Gasteiger partial charge is 0.355 e. The van der Waals surface area contributed by atoms with E-state index in [0.717, 1.165) is 25.7 Å². The highest BCUT2D eigenvalue weighted by Crippen LogP contribution is 2.27. The fraction of sp³-hybridized carbons (Fsp3) is 0.667. The van der Waals surface area contributed by atoms with Crippen molar-refractivity contribution in [2.75, 3.05) is 6.54 Å². The number of hydrogen-bond donors (Lipinski definition) is 2. The predicted molar refractivity (Wildman–Crippen MR) is 80.3 cm³/mol. The molecule has 1 saturated carbocycles. The van der Waals surface area contributed by atoms with Crippen LogP contribution in [0.15, 0.2) is 17.5 Å². The molecule has 0 bridgehead atoms. The molecule has 3 N–H and O–H groups in total. The number of carbonyl (C=O) groups is 1. The molecule has 0 radical (unpaired) electrons. The van der Waals surface area contributed by atoms with Gasteiger partial charge in [0.05, 0.1) is 0 Å². The van der Waals surface area contributed by atoms with E-state index in [2.05, 4.69) is 36.7 Å². The topological polar surface area (TPSA) is 55.1 Å². The van der Waals surface area contributed by atoms with Crippen molar-refractivity contribution in [2.24, 2.45) is 11.7 Å². The highest BCUT2D eigenvalue weighted by atomic mass is 32.1. The van der Waals surface area contributed by atoms with Crippen LogP contribution in [0.5, 0.6) is 0 Å². The van der Waals surface area contributed by atoms with Crippen molar-refractivity contribution in [3.05, 3.63) is 22.4 Å². The zero-order valence-corrected chi connectivity index (χ0v) is 12.6. The smallest absolute Gasteiger partial charge is 0.223 e. The van der Waals surface area contributed by atoms with Crippen LogP contribution in [-0.2, 0) is 10.2 Å². The van der Waals surface area contributed by atoms with Crippen molar-refractivity contribution in [1.82, 2.24) is 5.32 Å². The highest BCUT2D eigenvalue weighted by Gasteiger charge is 2.27. The molecule has 19 heavy (non-hydrogen) atoms. The summed E-state index contributed by atoms with van der Waals surface area (Å²) in [6, 6.07) is 4.49. The number of hydrogen-bond acceptors (Lipinski definition) is 3. The van der Waals surface area contributed by atoms with Gasteiger partial charge in [-0.2, -0.15) is 0 Å². The first-order chi connectivity index (χ1) is 8.99. The minimum Gasteiger partial charge on any atom is -0.355 e. The van der Waals surface area contributed by atoms with Crippen LogP contribution in [0.1, 0.15) is 44.4 Å². The summed E-state index contributed by atoms with van der Waals surface area (Å²) in [5.41, 5.74) is 5.88. The summed E-state index contributed by atoms with van der Waals surface area (Å²) < 4.78 is 0. The minimum atomic E-state index is 0.00883. The normalized spacial score (nSPS) is 24.2. The second-order valence-corrected chi connectivity index (χ2v) is 7.14. The number of carbonyl (C=O) groups excluding carboxylic acids is 1. The minimum absolute atomic E-state index is 0.00883. The Hall–Kier alpha value is -0.870. The van der Waals surface area contributed by atoms with Crippen LogP contribution in [0.25, 0.3) is 0 Å². The van der Waals surface area contributed by atoms with Crippen molar-refractivity contribution in [3.8, 4) is 0 Å². The van der Waals surface area contributed by atoms with Crippen molar-refractivity contribution in [2.45, 2.75) is 51.0 Å². The maximum absolute atomic E-state index is 12.2. The molecule has 1 heterocycles. The van der Waals surface area contributed by atoms with Crippen LogP contribution >= 0.6 is 11.3 Å². The Morgan fingerprint density at radius 1 is 1.42 bits per heavy atom. The van der Waals surface area contributed by atoms with Crippen LogP contribution < -0.4 is 11.1 Å². The van der Waals surface area contributed by atoms with Crippen LogP contribution in [-0.4, -0.2) is 18.5 Å². The molecule has 0 spiro atoms. The lowest BCUT2D eigenvalue weighted by Crippen LogP contribution is -2.41. The molecule has 4 heteroatoms. The zero-order valence-electron chi connectivity index (χ0n) is 11.8. The van der Waals surface area contributed by atoms with Crippen molar-refractivity contribution >= 4 is 17.2 Å². The average molecular weight is 280 g/mol. The standard InChI is InChI=1S/C15H24N2OS/c1-15(2,13-4-3-9-19-13)10-17-14(18)11-5-7-12(16)8-6-11/h3-4,9,11-12H,5-8,10,16H2,1-2H3,(H,17,18). The third-order valence-electron chi connectivity index (χ3n) is 4.04. The Morgan fingerprint density at radius 3 is 2.68 bits per heavy atom. The van der Waals surface area contributed by atoms with E-state index in [-0.39, 0.29) is 17.2 Å². The molecule has 2 rings (SSSR count). The highest BCUT2D eigenvalue weighted by molar-refractivity contribution is 7.10. The van der Waals surface area contributed by atoms with Gasteiger partial charge in [-0.1, -0.05) is 19.9 Å². The lowest BCUT2D eigenvalue weighted by atomic mass is 9.85. The average Bonchev–Trinajstić information content (AvgIpc) is 2.91. The molecule has 1 fully saturated rings. The van der Waals surface area contributed by atoms with Crippen LogP contribution in [0.4, 0.5) is 0 Å². The molecule has 0 atom stereocenters. The van der Waals surface area contributed by atoms with Crippen LogP contribution in [0.2, 0.25) is 0 Å². The lowest BCUT2D eigenvalue weighted by Gasteiger charge is -2.28. The fourth-order valence-electron chi connectivity index (χ4n) is 2.58. The summed E-state index contributed by atoms with van der Waals surface area (Å²) in [4.78, 5) is 13.5. The summed E-state index contributed by atoms with van der Waals surface area (Å²) >= 11 is 1.75. The van der Waals surface area contributed by atoms with E-state index < -0.39 is 0 Å². The van der Waals surface area contributed by atoms with Gasteiger partial charge in [-0.3, -0.25) is 4.79 Å². The summed E-state index contributed by atoms with van der Waals surface area (Å²) in [5, 5.41) is 5.21. The first-order valence-corrected chi connectivity index (χ1v) is 7.94. The molecular weight excluding hydrogens is 256 g/mol. The fourth-order valence-corrected chi connectivity index (χ4v) is 3.44. The molecule has 0 saturated heterocycles.